The molecule has 0 aliphatic carbocycles. The summed E-state index contributed by atoms with van der Waals surface area (Å²) in [6.07, 6.45) is 1.51. The van der Waals surface area contributed by atoms with Crippen molar-refractivity contribution in [3.63, 3.8) is 0 Å². The van der Waals surface area contributed by atoms with Crippen LogP contribution in [0.5, 0.6) is 11.5 Å². The van der Waals surface area contributed by atoms with E-state index in [0.717, 1.165) is 30.2 Å². The number of hydrogen-bond acceptors (Lipinski definition) is 5. The van der Waals surface area contributed by atoms with Gasteiger partial charge in [-0.15, -0.1) is 0 Å². The minimum absolute atomic E-state index is 0.0519. The minimum atomic E-state index is 0.0519. The molecule has 1 aromatic rings. The fourth-order valence-electron chi connectivity index (χ4n) is 3.38. The van der Waals surface area contributed by atoms with Gasteiger partial charge in [-0.1, -0.05) is 0 Å². The number of carbonyl (C=O) groups is 1. The van der Waals surface area contributed by atoms with Gasteiger partial charge in [0.25, 0.3) is 0 Å². The third kappa shape index (κ3) is 5.88. The first-order valence-electron chi connectivity index (χ1n) is 9.30. The van der Waals surface area contributed by atoms with Crippen molar-refractivity contribution in [1.82, 2.24) is 10.2 Å². The van der Waals surface area contributed by atoms with E-state index >= 15 is 0 Å². The molecule has 1 heterocycles. The molecule has 3 unspecified atom stereocenters. The van der Waals surface area contributed by atoms with Gasteiger partial charge in [-0.05, 0) is 51.0 Å². The van der Waals surface area contributed by atoms with E-state index in [1.54, 1.807) is 14.2 Å². The predicted molar refractivity (Wildman–Crippen MR) is 102 cm³/mol. The van der Waals surface area contributed by atoms with Crippen LogP contribution in [0.15, 0.2) is 18.2 Å². The molecule has 1 amide bonds. The van der Waals surface area contributed by atoms with Crippen molar-refractivity contribution in [2.45, 2.75) is 51.9 Å². The average Bonchev–Trinajstić information content (AvgIpc) is 2.63. The van der Waals surface area contributed by atoms with E-state index in [1.807, 2.05) is 18.2 Å². The van der Waals surface area contributed by atoms with Crippen LogP contribution in [0.3, 0.4) is 0 Å². The number of morpholine rings is 1. The Hall–Kier alpha value is -1.79. The molecular formula is C20H32N2O4. The van der Waals surface area contributed by atoms with E-state index < -0.39 is 0 Å². The fourth-order valence-corrected chi connectivity index (χ4v) is 3.38. The number of carbonyl (C=O) groups excluding carboxylic acids is 1. The third-order valence-electron chi connectivity index (χ3n) is 4.77. The number of nitrogens with one attached hydrogen (secondary N) is 1. The van der Waals surface area contributed by atoms with Crippen molar-refractivity contribution < 1.29 is 19.0 Å². The highest BCUT2D eigenvalue weighted by molar-refractivity contribution is 5.76. The van der Waals surface area contributed by atoms with Crippen molar-refractivity contribution in [1.29, 1.82) is 0 Å². The molecule has 1 fully saturated rings. The number of aryl methyl sites for hydroxylation is 1. The number of amides is 1. The summed E-state index contributed by atoms with van der Waals surface area (Å²) in [7, 11) is 3.27. The lowest BCUT2D eigenvalue weighted by Gasteiger charge is -2.39. The summed E-state index contributed by atoms with van der Waals surface area (Å²) >= 11 is 0. The molecule has 1 aliphatic rings. The minimum Gasteiger partial charge on any atom is -0.497 e. The SMILES string of the molecule is COc1ccc(OC)c(CCC(=O)NCC(C)N2CC(C)OC(C)C2)c1. The first kappa shape index (κ1) is 20.5. The molecule has 1 N–H and O–H groups in total. The molecule has 0 radical (unpaired) electrons. The Morgan fingerprint density at radius 1 is 1.27 bits per heavy atom. The molecule has 1 saturated heterocycles. The van der Waals surface area contributed by atoms with Gasteiger partial charge in [-0.2, -0.15) is 0 Å². The fraction of sp³-hybridized carbons (Fsp3) is 0.650. The van der Waals surface area contributed by atoms with Crippen LogP contribution < -0.4 is 14.8 Å². The number of ether oxygens (including phenoxy) is 3. The van der Waals surface area contributed by atoms with Crippen LogP contribution in [0.25, 0.3) is 0 Å². The molecule has 0 bridgehead atoms. The van der Waals surface area contributed by atoms with Crippen LogP contribution in [0.4, 0.5) is 0 Å². The van der Waals surface area contributed by atoms with Gasteiger partial charge in [0, 0.05) is 32.1 Å². The summed E-state index contributed by atoms with van der Waals surface area (Å²) in [4.78, 5) is 14.6. The van der Waals surface area contributed by atoms with Crippen molar-refractivity contribution >= 4 is 5.91 Å². The standard InChI is InChI=1S/C20H32N2O4/c1-14(22-12-15(2)26-16(3)13-22)11-21-20(23)9-6-17-10-18(24-4)7-8-19(17)25-5/h7-8,10,14-16H,6,9,11-13H2,1-5H3,(H,21,23). The molecule has 1 aliphatic heterocycles. The molecule has 146 valence electrons. The molecule has 6 heteroatoms. The maximum Gasteiger partial charge on any atom is 0.220 e. The summed E-state index contributed by atoms with van der Waals surface area (Å²) in [5.74, 6) is 1.60. The second-order valence-electron chi connectivity index (χ2n) is 7.04. The second-order valence-corrected chi connectivity index (χ2v) is 7.04. The Balaban J connectivity index is 1.80. The van der Waals surface area contributed by atoms with Gasteiger partial charge in [0.15, 0.2) is 0 Å². The number of hydrogen-bond donors (Lipinski definition) is 1. The van der Waals surface area contributed by atoms with Crippen LogP contribution in [0.1, 0.15) is 32.8 Å². The predicted octanol–water partition coefficient (Wildman–Crippen LogP) is 2.25. The van der Waals surface area contributed by atoms with Crippen LogP contribution in [0.2, 0.25) is 0 Å². The van der Waals surface area contributed by atoms with Crippen molar-refractivity contribution in [2.24, 2.45) is 0 Å². The van der Waals surface area contributed by atoms with Crippen molar-refractivity contribution in [3.05, 3.63) is 23.8 Å². The number of methoxy groups -OCH3 is 2. The Morgan fingerprint density at radius 2 is 1.96 bits per heavy atom. The van der Waals surface area contributed by atoms with Crippen LogP contribution in [-0.2, 0) is 16.0 Å². The lowest BCUT2D eigenvalue weighted by molar-refractivity contribution is -0.121. The Kier molecular flexibility index (Phi) is 7.72. The van der Waals surface area contributed by atoms with Gasteiger partial charge in [0.2, 0.25) is 5.91 Å². The van der Waals surface area contributed by atoms with Crippen LogP contribution in [0, 0.1) is 0 Å². The zero-order valence-corrected chi connectivity index (χ0v) is 16.6. The van der Waals surface area contributed by atoms with Gasteiger partial charge in [-0.25, -0.2) is 0 Å². The van der Waals surface area contributed by atoms with E-state index in [4.69, 9.17) is 14.2 Å². The molecule has 2 rings (SSSR count). The smallest absolute Gasteiger partial charge is 0.220 e. The molecule has 1 aromatic carbocycles. The Bertz CT molecular complexity index is 583. The van der Waals surface area contributed by atoms with Gasteiger partial charge < -0.3 is 19.5 Å². The van der Waals surface area contributed by atoms with E-state index in [1.165, 1.54) is 0 Å². The molecule has 0 saturated carbocycles. The van der Waals surface area contributed by atoms with E-state index in [9.17, 15) is 4.79 Å². The third-order valence-corrected chi connectivity index (χ3v) is 4.77. The molecule has 0 aromatic heterocycles. The first-order valence-corrected chi connectivity index (χ1v) is 9.30. The highest BCUT2D eigenvalue weighted by atomic mass is 16.5. The number of rotatable bonds is 8. The molecule has 26 heavy (non-hydrogen) atoms. The summed E-state index contributed by atoms with van der Waals surface area (Å²) < 4.78 is 16.4. The Morgan fingerprint density at radius 3 is 2.58 bits per heavy atom. The molecule has 6 nitrogen and oxygen atoms in total. The average molecular weight is 364 g/mol. The quantitative estimate of drug-likeness (QED) is 0.767. The largest absolute Gasteiger partial charge is 0.497 e. The number of nitrogens with zero attached hydrogens (tertiary/aromatic N) is 1. The highest BCUT2D eigenvalue weighted by Crippen LogP contribution is 2.25. The van der Waals surface area contributed by atoms with Crippen LogP contribution in [-0.4, -0.2) is 62.9 Å². The van der Waals surface area contributed by atoms with Crippen LogP contribution >= 0.6 is 0 Å². The monoisotopic (exact) mass is 364 g/mol. The summed E-state index contributed by atoms with van der Waals surface area (Å²) in [5, 5.41) is 3.05. The maximum atomic E-state index is 12.3. The van der Waals surface area contributed by atoms with E-state index in [0.29, 0.717) is 25.4 Å². The second kappa shape index (κ2) is 9.78. The number of benzene rings is 1. The lowest BCUT2D eigenvalue weighted by Crippen LogP contribution is -2.52. The zero-order valence-electron chi connectivity index (χ0n) is 16.6. The summed E-state index contributed by atoms with van der Waals surface area (Å²) in [5.41, 5.74) is 0.978. The van der Waals surface area contributed by atoms with Crippen molar-refractivity contribution in [2.75, 3.05) is 33.9 Å². The normalized spacial score (nSPS) is 21.9. The van der Waals surface area contributed by atoms with Gasteiger partial charge in [0.1, 0.15) is 11.5 Å². The summed E-state index contributed by atoms with van der Waals surface area (Å²) in [6, 6.07) is 5.94. The molecule has 3 atom stereocenters. The first-order chi connectivity index (χ1) is 12.4. The lowest BCUT2D eigenvalue weighted by atomic mass is 10.1. The van der Waals surface area contributed by atoms with Gasteiger partial charge in [0.05, 0.1) is 26.4 Å². The molecule has 0 spiro atoms. The van der Waals surface area contributed by atoms with Crippen molar-refractivity contribution in [3.8, 4) is 11.5 Å². The zero-order chi connectivity index (χ0) is 19.1. The van der Waals surface area contributed by atoms with E-state index in [2.05, 4.69) is 31.0 Å². The molecular weight excluding hydrogens is 332 g/mol. The highest BCUT2D eigenvalue weighted by Gasteiger charge is 2.25. The maximum absolute atomic E-state index is 12.3. The topological polar surface area (TPSA) is 60.0 Å². The Labute approximate surface area is 156 Å². The summed E-state index contributed by atoms with van der Waals surface area (Å²) in [6.45, 7) is 8.79. The van der Waals surface area contributed by atoms with Gasteiger partial charge in [-0.3, -0.25) is 9.69 Å². The van der Waals surface area contributed by atoms with Gasteiger partial charge >= 0.3 is 0 Å². The van der Waals surface area contributed by atoms with E-state index in [-0.39, 0.29) is 18.1 Å².